The minimum Gasteiger partial charge on any atom is -0.495 e. The molecule has 0 atom stereocenters. The molecule has 10 heteroatoms. The van der Waals surface area contributed by atoms with Crippen molar-refractivity contribution < 1.29 is 23.5 Å². The number of hydrogen-bond donors (Lipinski definition) is 3. The van der Waals surface area contributed by atoms with Crippen molar-refractivity contribution >= 4 is 29.2 Å². The fourth-order valence-electron chi connectivity index (χ4n) is 2.72. The van der Waals surface area contributed by atoms with Crippen LogP contribution in [-0.4, -0.2) is 31.1 Å². The van der Waals surface area contributed by atoms with Crippen LogP contribution < -0.4 is 25.4 Å². The minimum atomic E-state index is -0.625. The molecular weight excluding hydrogens is 439 g/mol. The van der Waals surface area contributed by atoms with Crippen molar-refractivity contribution in [3.05, 3.63) is 76.8 Å². The molecule has 0 fully saturated rings. The van der Waals surface area contributed by atoms with Gasteiger partial charge in [-0.05, 0) is 42.0 Å². The Hall–Kier alpha value is -3.85. The molecule has 0 radical (unpaired) electrons. The lowest BCUT2D eigenvalue weighted by Gasteiger charge is -2.12. The molecule has 0 unspecified atom stereocenters. The molecule has 0 bridgehead atoms. The highest BCUT2D eigenvalue weighted by atomic mass is 35.5. The van der Waals surface area contributed by atoms with E-state index in [0.29, 0.717) is 22.0 Å². The van der Waals surface area contributed by atoms with E-state index in [-0.39, 0.29) is 29.6 Å². The fraction of sp³-hybridized carbons (Fsp3) is 0.136. The third kappa shape index (κ3) is 5.86. The summed E-state index contributed by atoms with van der Waals surface area (Å²) in [5.74, 6) is -0.326. The molecule has 8 nitrogen and oxygen atoms in total. The van der Waals surface area contributed by atoms with Crippen LogP contribution >= 0.6 is 11.6 Å². The highest BCUT2D eigenvalue weighted by Gasteiger charge is 2.11. The van der Waals surface area contributed by atoms with E-state index in [1.807, 2.05) is 0 Å². The Kier molecular flexibility index (Phi) is 7.45. The molecular formula is C22H20ClFN4O4. The first-order chi connectivity index (χ1) is 15.4. The van der Waals surface area contributed by atoms with Crippen LogP contribution in [0.2, 0.25) is 5.02 Å². The number of methoxy groups -OCH3 is 1. The van der Waals surface area contributed by atoms with E-state index in [4.69, 9.17) is 21.1 Å². The number of halogens is 2. The normalized spacial score (nSPS) is 10.2. The smallest absolute Gasteiger partial charge is 0.319 e. The fourth-order valence-corrected chi connectivity index (χ4v) is 2.89. The summed E-state index contributed by atoms with van der Waals surface area (Å²) in [4.78, 5) is 27.8. The molecule has 0 spiro atoms. The summed E-state index contributed by atoms with van der Waals surface area (Å²) in [6.07, 6.45) is 1.39. The minimum absolute atomic E-state index is 0.0316. The molecule has 3 rings (SSSR count). The maximum atomic E-state index is 14.5. The first-order valence-corrected chi connectivity index (χ1v) is 9.80. The molecule has 0 aliphatic rings. The first-order valence-electron chi connectivity index (χ1n) is 9.42. The van der Waals surface area contributed by atoms with Crippen molar-refractivity contribution in [2.24, 2.45) is 0 Å². The summed E-state index contributed by atoms with van der Waals surface area (Å²) >= 11 is 5.95. The van der Waals surface area contributed by atoms with Crippen LogP contribution in [0.5, 0.6) is 17.2 Å². The van der Waals surface area contributed by atoms with E-state index in [2.05, 4.69) is 20.9 Å². The summed E-state index contributed by atoms with van der Waals surface area (Å²) in [6.45, 7) is 0.0714. The van der Waals surface area contributed by atoms with Crippen LogP contribution in [0.15, 0.2) is 54.7 Å². The Bertz CT molecular complexity index is 1140. The van der Waals surface area contributed by atoms with Gasteiger partial charge < -0.3 is 25.4 Å². The van der Waals surface area contributed by atoms with Gasteiger partial charge in [-0.2, -0.15) is 0 Å². The van der Waals surface area contributed by atoms with Crippen molar-refractivity contribution in [3.63, 3.8) is 0 Å². The number of rotatable bonds is 7. The zero-order valence-electron chi connectivity index (χ0n) is 17.2. The Labute approximate surface area is 188 Å². The topological polar surface area (TPSA) is 102 Å². The SMILES string of the molecule is CNC(=O)c1cc(Oc2ccc(CNC(=O)Nc3cc(Cl)ccc3OC)cc2F)ccn1. The zero-order chi connectivity index (χ0) is 23.1. The summed E-state index contributed by atoms with van der Waals surface area (Å²) in [5, 5.41) is 8.16. The summed E-state index contributed by atoms with van der Waals surface area (Å²) in [7, 11) is 2.96. The number of pyridine rings is 1. The number of carbonyl (C=O) groups excluding carboxylic acids is 2. The molecule has 3 aromatic rings. The number of urea groups is 1. The van der Waals surface area contributed by atoms with E-state index in [1.165, 1.54) is 44.6 Å². The molecule has 0 aliphatic heterocycles. The first kappa shape index (κ1) is 22.8. The van der Waals surface area contributed by atoms with Crippen LogP contribution in [0, 0.1) is 5.82 Å². The highest BCUT2D eigenvalue weighted by molar-refractivity contribution is 6.31. The number of nitrogens with zero attached hydrogens (tertiary/aromatic N) is 1. The Morgan fingerprint density at radius 2 is 1.88 bits per heavy atom. The van der Waals surface area contributed by atoms with Crippen LogP contribution in [0.1, 0.15) is 16.1 Å². The van der Waals surface area contributed by atoms with Crippen LogP contribution in [0.3, 0.4) is 0 Å². The van der Waals surface area contributed by atoms with Gasteiger partial charge in [-0.1, -0.05) is 17.7 Å². The van der Waals surface area contributed by atoms with E-state index in [0.717, 1.165) is 0 Å². The third-order valence-electron chi connectivity index (χ3n) is 4.28. The van der Waals surface area contributed by atoms with Crippen molar-refractivity contribution in [3.8, 4) is 17.2 Å². The molecule has 3 N–H and O–H groups in total. The summed E-state index contributed by atoms with van der Waals surface area (Å²) in [5.41, 5.74) is 1.07. The number of amides is 3. The Balaban J connectivity index is 1.61. The molecule has 166 valence electrons. The summed E-state index contributed by atoms with van der Waals surface area (Å²) in [6, 6.07) is 11.5. The van der Waals surface area contributed by atoms with Gasteiger partial charge in [-0.3, -0.25) is 9.78 Å². The highest BCUT2D eigenvalue weighted by Crippen LogP contribution is 2.28. The third-order valence-corrected chi connectivity index (χ3v) is 4.51. The Morgan fingerprint density at radius 1 is 1.09 bits per heavy atom. The second kappa shape index (κ2) is 10.5. The average molecular weight is 459 g/mol. The van der Waals surface area contributed by atoms with Crippen LogP contribution in [-0.2, 0) is 6.54 Å². The second-order valence-corrected chi connectivity index (χ2v) is 6.91. The number of carbonyl (C=O) groups is 2. The molecule has 32 heavy (non-hydrogen) atoms. The van der Waals surface area contributed by atoms with Crippen LogP contribution in [0.4, 0.5) is 14.9 Å². The number of aromatic nitrogens is 1. The lowest BCUT2D eigenvalue weighted by Crippen LogP contribution is -2.28. The van der Waals surface area contributed by atoms with E-state index in [1.54, 1.807) is 24.3 Å². The number of ether oxygens (including phenoxy) is 2. The van der Waals surface area contributed by atoms with Gasteiger partial charge in [0.15, 0.2) is 11.6 Å². The van der Waals surface area contributed by atoms with Crippen molar-refractivity contribution in [1.82, 2.24) is 15.6 Å². The van der Waals surface area contributed by atoms with E-state index < -0.39 is 11.8 Å². The predicted octanol–water partition coefficient (Wildman–Crippen LogP) is 4.36. The van der Waals surface area contributed by atoms with Crippen LogP contribution in [0.25, 0.3) is 0 Å². The van der Waals surface area contributed by atoms with Gasteiger partial charge in [-0.25, -0.2) is 9.18 Å². The molecule has 1 heterocycles. The maximum absolute atomic E-state index is 14.5. The van der Waals surface area contributed by atoms with Crippen molar-refractivity contribution in [1.29, 1.82) is 0 Å². The zero-order valence-corrected chi connectivity index (χ0v) is 18.0. The lowest BCUT2D eigenvalue weighted by atomic mass is 10.2. The largest absolute Gasteiger partial charge is 0.495 e. The molecule has 2 aromatic carbocycles. The van der Waals surface area contributed by atoms with E-state index >= 15 is 0 Å². The lowest BCUT2D eigenvalue weighted by molar-refractivity contribution is 0.0958. The van der Waals surface area contributed by atoms with Gasteiger partial charge in [0.1, 0.15) is 17.2 Å². The van der Waals surface area contributed by atoms with Gasteiger partial charge >= 0.3 is 6.03 Å². The molecule has 0 aliphatic carbocycles. The monoisotopic (exact) mass is 458 g/mol. The van der Waals surface area contributed by atoms with Crippen molar-refractivity contribution in [2.45, 2.75) is 6.54 Å². The maximum Gasteiger partial charge on any atom is 0.319 e. The van der Waals surface area contributed by atoms with Gasteiger partial charge in [0, 0.05) is 30.9 Å². The van der Waals surface area contributed by atoms with Gasteiger partial charge in [0.2, 0.25) is 0 Å². The van der Waals surface area contributed by atoms with E-state index in [9.17, 15) is 14.0 Å². The molecule has 0 saturated heterocycles. The van der Waals surface area contributed by atoms with Gasteiger partial charge in [0.25, 0.3) is 5.91 Å². The van der Waals surface area contributed by atoms with Gasteiger partial charge in [-0.15, -0.1) is 0 Å². The standard InChI is InChI=1S/C22H20ClFN4O4/c1-25-21(29)18-11-15(7-8-26-18)32-19-5-3-13(9-16(19)24)12-27-22(30)28-17-10-14(23)4-6-20(17)31-2/h3-11H,12H2,1-2H3,(H,25,29)(H2,27,28,30). The molecule has 3 amide bonds. The summed E-state index contributed by atoms with van der Waals surface area (Å²) < 4.78 is 25.2. The number of hydrogen-bond acceptors (Lipinski definition) is 5. The second-order valence-electron chi connectivity index (χ2n) is 6.48. The van der Waals surface area contributed by atoms with Crippen molar-refractivity contribution in [2.75, 3.05) is 19.5 Å². The molecule has 1 aromatic heterocycles. The predicted molar refractivity (Wildman–Crippen MR) is 118 cm³/mol. The van der Waals surface area contributed by atoms with Gasteiger partial charge in [0.05, 0.1) is 12.8 Å². The number of nitrogens with one attached hydrogen (secondary N) is 3. The molecule has 0 saturated carbocycles. The Morgan fingerprint density at radius 3 is 2.59 bits per heavy atom. The average Bonchev–Trinajstić information content (AvgIpc) is 2.79. The number of anilines is 1. The quantitative estimate of drug-likeness (QED) is 0.488. The number of benzene rings is 2.